The largest absolute Gasteiger partial charge is 0.460 e. The Bertz CT molecular complexity index is 381. The molecule has 0 amide bonds. The molecule has 0 unspecified atom stereocenters. The zero-order chi connectivity index (χ0) is 14.3. The van der Waals surface area contributed by atoms with Crippen molar-refractivity contribution in [3.8, 4) is 0 Å². The van der Waals surface area contributed by atoms with Gasteiger partial charge in [0.1, 0.15) is 5.60 Å². The minimum absolute atomic E-state index is 0.137. The second-order valence-electron chi connectivity index (χ2n) is 5.92. The first kappa shape index (κ1) is 15.7. The number of ether oxygens (including phenoxy) is 1. The summed E-state index contributed by atoms with van der Waals surface area (Å²) in [5.74, 6) is 0.115. The predicted molar refractivity (Wildman–Crippen MR) is 77.8 cm³/mol. The van der Waals surface area contributed by atoms with E-state index < -0.39 is 5.60 Å². The lowest BCUT2D eigenvalue weighted by molar-refractivity contribution is -0.156. The van der Waals surface area contributed by atoms with Gasteiger partial charge in [-0.2, -0.15) is 0 Å². The Hall–Kier alpha value is -1.35. The third kappa shape index (κ3) is 6.97. The zero-order valence-corrected chi connectivity index (χ0v) is 12.2. The quantitative estimate of drug-likeness (QED) is 0.803. The van der Waals surface area contributed by atoms with E-state index in [0.717, 1.165) is 12.8 Å². The summed E-state index contributed by atoms with van der Waals surface area (Å²) in [5, 5.41) is 0. The van der Waals surface area contributed by atoms with Crippen LogP contribution in [0.25, 0.3) is 0 Å². The van der Waals surface area contributed by atoms with Gasteiger partial charge in [0.25, 0.3) is 0 Å². The second kappa shape index (κ2) is 7.29. The summed E-state index contributed by atoms with van der Waals surface area (Å²) in [5.41, 5.74) is 6.45. The summed E-state index contributed by atoms with van der Waals surface area (Å²) in [6.45, 7) is 6.26. The third-order valence-electron chi connectivity index (χ3n) is 2.82. The van der Waals surface area contributed by atoms with Crippen LogP contribution in [-0.2, 0) is 16.0 Å². The molecule has 0 aliphatic carbocycles. The van der Waals surface area contributed by atoms with Crippen LogP contribution >= 0.6 is 0 Å². The maximum absolute atomic E-state index is 11.9. The number of rotatable bonds is 6. The maximum Gasteiger partial charge on any atom is 0.306 e. The van der Waals surface area contributed by atoms with Crippen molar-refractivity contribution in [2.75, 3.05) is 6.54 Å². The van der Waals surface area contributed by atoms with E-state index in [4.69, 9.17) is 10.5 Å². The van der Waals surface area contributed by atoms with E-state index in [-0.39, 0.29) is 11.9 Å². The number of benzene rings is 1. The van der Waals surface area contributed by atoms with Gasteiger partial charge in [0.2, 0.25) is 0 Å². The standard InChI is InChI=1S/C16H25NO2/c1-16(2,3)19-15(18)12-14(9-10-17)11-13-7-5-4-6-8-13/h4-8,14H,9-12,17H2,1-3H3/t14-/m1/s1. The molecule has 3 heteroatoms. The SMILES string of the molecule is CC(C)(C)OC(=O)C[C@H](CCN)Cc1ccccc1. The number of hydrogen-bond acceptors (Lipinski definition) is 3. The molecule has 0 fully saturated rings. The van der Waals surface area contributed by atoms with Crippen molar-refractivity contribution in [2.45, 2.75) is 45.6 Å². The average molecular weight is 263 g/mol. The number of hydrogen-bond donors (Lipinski definition) is 1. The fourth-order valence-corrected chi connectivity index (χ4v) is 2.08. The van der Waals surface area contributed by atoms with Gasteiger partial charge in [0.15, 0.2) is 0 Å². The summed E-state index contributed by atoms with van der Waals surface area (Å²) in [6.07, 6.45) is 2.15. The number of carbonyl (C=O) groups is 1. The van der Waals surface area contributed by atoms with E-state index in [1.54, 1.807) is 0 Å². The van der Waals surface area contributed by atoms with Gasteiger partial charge >= 0.3 is 5.97 Å². The molecule has 106 valence electrons. The van der Waals surface area contributed by atoms with Gasteiger partial charge in [-0.25, -0.2) is 0 Å². The van der Waals surface area contributed by atoms with E-state index in [9.17, 15) is 4.79 Å². The summed E-state index contributed by atoms with van der Waals surface area (Å²) in [4.78, 5) is 11.9. The average Bonchev–Trinajstić information content (AvgIpc) is 2.27. The summed E-state index contributed by atoms with van der Waals surface area (Å²) in [7, 11) is 0. The Kier molecular flexibility index (Phi) is 6.03. The Morgan fingerprint density at radius 2 is 1.89 bits per heavy atom. The highest BCUT2D eigenvalue weighted by Crippen LogP contribution is 2.18. The fourth-order valence-electron chi connectivity index (χ4n) is 2.08. The van der Waals surface area contributed by atoms with Crippen LogP contribution < -0.4 is 5.73 Å². The lowest BCUT2D eigenvalue weighted by Crippen LogP contribution is -2.26. The van der Waals surface area contributed by atoms with Crippen LogP contribution in [0, 0.1) is 5.92 Å². The maximum atomic E-state index is 11.9. The number of nitrogens with two attached hydrogens (primary N) is 1. The van der Waals surface area contributed by atoms with Gasteiger partial charge in [0.05, 0.1) is 0 Å². The van der Waals surface area contributed by atoms with Gasteiger partial charge in [-0.15, -0.1) is 0 Å². The predicted octanol–water partition coefficient (Wildman–Crippen LogP) is 2.93. The Labute approximate surface area is 116 Å². The Balaban J connectivity index is 2.55. The molecule has 0 bridgehead atoms. The van der Waals surface area contributed by atoms with Gasteiger partial charge in [-0.1, -0.05) is 30.3 Å². The molecule has 19 heavy (non-hydrogen) atoms. The molecule has 0 saturated heterocycles. The van der Waals surface area contributed by atoms with Crippen molar-refractivity contribution in [3.63, 3.8) is 0 Å². The second-order valence-corrected chi connectivity index (χ2v) is 5.92. The summed E-state index contributed by atoms with van der Waals surface area (Å²) >= 11 is 0. The molecule has 0 aliphatic rings. The molecule has 3 nitrogen and oxygen atoms in total. The van der Waals surface area contributed by atoms with Crippen LogP contribution in [-0.4, -0.2) is 18.1 Å². The Morgan fingerprint density at radius 1 is 1.26 bits per heavy atom. The van der Waals surface area contributed by atoms with Gasteiger partial charge < -0.3 is 10.5 Å². The molecule has 0 aliphatic heterocycles. The van der Waals surface area contributed by atoms with Crippen molar-refractivity contribution >= 4 is 5.97 Å². The summed E-state index contributed by atoms with van der Waals surface area (Å²) in [6, 6.07) is 10.2. The van der Waals surface area contributed by atoms with E-state index in [0.29, 0.717) is 13.0 Å². The zero-order valence-electron chi connectivity index (χ0n) is 12.2. The highest BCUT2D eigenvalue weighted by atomic mass is 16.6. The molecule has 2 N–H and O–H groups in total. The highest BCUT2D eigenvalue weighted by Gasteiger charge is 2.20. The third-order valence-corrected chi connectivity index (χ3v) is 2.82. The van der Waals surface area contributed by atoms with Gasteiger partial charge in [0, 0.05) is 6.42 Å². The lowest BCUT2D eigenvalue weighted by Gasteiger charge is -2.22. The minimum Gasteiger partial charge on any atom is -0.460 e. The van der Waals surface area contributed by atoms with Gasteiger partial charge in [-0.05, 0) is 51.6 Å². The normalized spacial score (nSPS) is 13.1. The molecule has 0 saturated carbocycles. The van der Waals surface area contributed by atoms with E-state index >= 15 is 0 Å². The van der Waals surface area contributed by atoms with E-state index in [2.05, 4.69) is 12.1 Å². The minimum atomic E-state index is -0.420. The van der Waals surface area contributed by atoms with Crippen LogP contribution in [0.2, 0.25) is 0 Å². The van der Waals surface area contributed by atoms with Crippen LogP contribution in [0.5, 0.6) is 0 Å². The van der Waals surface area contributed by atoms with E-state index in [1.165, 1.54) is 5.56 Å². The Morgan fingerprint density at radius 3 is 2.42 bits per heavy atom. The first-order valence-electron chi connectivity index (χ1n) is 6.86. The van der Waals surface area contributed by atoms with Crippen LogP contribution in [0.15, 0.2) is 30.3 Å². The monoisotopic (exact) mass is 263 g/mol. The van der Waals surface area contributed by atoms with Gasteiger partial charge in [-0.3, -0.25) is 4.79 Å². The van der Waals surface area contributed by atoms with E-state index in [1.807, 2.05) is 39.0 Å². The molecule has 1 rings (SSSR count). The molecule has 0 aromatic heterocycles. The first-order valence-corrected chi connectivity index (χ1v) is 6.86. The van der Waals surface area contributed by atoms with Crippen LogP contribution in [0.3, 0.4) is 0 Å². The molecule has 1 atom stereocenters. The number of carbonyl (C=O) groups excluding carboxylic acids is 1. The molecule has 1 aromatic carbocycles. The lowest BCUT2D eigenvalue weighted by atomic mass is 9.93. The van der Waals surface area contributed by atoms with Crippen molar-refractivity contribution in [3.05, 3.63) is 35.9 Å². The van der Waals surface area contributed by atoms with Crippen LogP contribution in [0.4, 0.5) is 0 Å². The molecule has 0 spiro atoms. The molecular weight excluding hydrogens is 238 g/mol. The highest BCUT2D eigenvalue weighted by molar-refractivity contribution is 5.70. The smallest absolute Gasteiger partial charge is 0.306 e. The van der Waals surface area contributed by atoms with Crippen molar-refractivity contribution < 1.29 is 9.53 Å². The molecule has 1 aromatic rings. The first-order chi connectivity index (χ1) is 8.90. The molecule has 0 radical (unpaired) electrons. The topological polar surface area (TPSA) is 52.3 Å². The number of esters is 1. The van der Waals surface area contributed by atoms with Crippen molar-refractivity contribution in [1.29, 1.82) is 0 Å². The van der Waals surface area contributed by atoms with Crippen molar-refractivity contribution in [1.82, 2.24) is 0 Å². The van der Waals surface area contributed by atoms with Crippen LogP contribution in [0.1, 0.15) is 39.2 Å². The van der Waals surface area contributed by atoms with Crippen molar-refractivity contribution in [2.24, 2.45) is 11.7 Å². The summed E-state index contributed by atoms with van der Waals surface area (Å²) < 4.78 is 5.37. The molecular formula is C16H25NO2. The molecule has 0 heterocycles. The fraction of sp³-hybridized carbons (Fsp3) is 0.562.